The average molecular weight is 115 g/mol. The molecule has 4 heteroatoms. The van der Waals surface area contributed by atoms with Crippen molar-refractivity contribution in [1.29, 1.82) is 0 Å². The van der Waals surface area contributed by atoms with E-state index in [9.17, 15) is 4.48 Å². The van der Waals surface area contributed by atoms with Gasteiger partial charge in [-0.2, -0.15) is 0 Å². The van der Waals surface area contributed by atoms with Gasteiger partial charge in [-0.3, -0.25) is 0 Å². The summed E-state index contributed by atoms with van der Waals surface area (Å²) in [7, 11) is 0. The van der Waals surface area contributed by atoms with Crippen molar-refractivity contribution in [3.05, 3.63) is 12.0 Å². The number of aliphatic imine (C=N–C) groups is 1. The van der Waals surface area contributed by atoms with Gasteiger partial charge in [0.05, 0.1) is 12.7 Å². The van der Waals surface area contributed by atoms with Crippen LogP contribution < -0.4 is 5.73 Å². The van der Waals surface area contributed by atoms with E-state index in [4.69, 9.17) is 5.73 Å². The first-order chi connectivity index (χ1) is 3.79. The van der Waals surface area contributed by atoms with Crippen molar-refractivity contribution in [2.75, 3.05) is 6.54 Å². The minimum absolute atomic E-state index is 0.195. The van der Waals surface area contributed by atoms with Gasteiger partial charge >= 0.3 is 0 Å². The quantitative estimate of drug-likeness (QED) is 0.452. The molecule has 0 fully saturated rings. The second-order valence-electron chi connectivity index (χ2n) is 1.45. The Labute approximate surface area is 46.2 Å². The molecule has 0 aromatic rings. The van der Waals surface area contributed by atoms with Crippen LogP contribution in [0.15, 0.2) is 17.0 Å². The molecule has 0 amide bonds. The van der Waals surface area contributed by atoms with Gasteiger partial charge in [0, 0.05) is 6.21 Å². The van der Waals surface area contributed by atoms with Gasteiger partial charge in [0.15, 0.2) is 0 Å². The Bertz CT molecular complexity index is 140. The fourth-order valence-electron chi connectivity index (χ4n) is 0.454. The Morgan fingerprint density at radius 2 is 2.62 bits per heavy atom. The Hall–Kier alpha value is -1.06. The van der Waals surface area contributed by atoms with Gasteiger partial charge in [-0.25, -0.2) is 10.1 Å². The standard InChI is InChI=1S/C4H6FN3/c5-8-2-1-7-4(6)3-8/h1,3H,2,6H2. The first kappa shape index (κ1) is 5.08. The molecule has 0 radical (unpaired) electrons. The predicted molar refractivity (Wildman–Crippen MR) is 28.6 cm³/mol. The number of hydrogen-bond acceptors (Lipinski definition) is 3. The minimum Gasteiger partial charge on any atom is -0.382 e. The number of nitrogens with two attached hydrogens (primary N) is 1. The summed E-state index contributed by atoms with van der Waals surface area (Å²) in [5, 5.41) is 0.475. The molecule has 0 aromatic heterocycles. The molecule has 1 aliphatic heterocycles. The van der Waals surface area contributed by atoms with Crippen LogP contribution >= 0.6 is 0 Å². The summed E-state index contributed by atoms with van der Waals surface area (Å²) in [5.41, 5.74) is 5.11. The van der Waals surface area contributed by atoms with Crippen LogP contribution in [0.3, 0.4) is 0 Å². The van der Waals surface area contributed by atoms with Crippen molar-refractivity contribution in [1.82, 2.24) is 5.12 Å². The van der Waals surface area contributed by atoms with Crippen LogP contribution in [0.5, 0.6) is 0 Å². The van der Waals surface area contributed by atoms with Gasteiger partial charge < -0.3 is 5.73 Å². The molecule has 44 valence electrons. The van der Waals surface area contributed by atoms with Crippen LogP contribution in [0.25, 0.3) is 0 Å². The molecule has 0 aliphatic carbocycles. The van der Waals surface area contributed by atoms with Gasteiger partial charge in [-0.05, 0) is 0 Å². The van der Waals surface area contributed by atoms with Crippen LogP contribution in [0, 0.1) is 0 Å². The zero-order chi connectivity index (χ0) is 5.98. The third-order valence-electron chi connectivity index (χ3n) is 0.769. The van der Waals surface area contributed by atoms with Gasteiger partial charge in [0.1, 0.15) is 5.82 Å². The topological polar surface area (TPSA) is 41.6 Å². The molecular weight excluding hydrogens is 109 g/mol. The zero-order valence-electron chi connectivity index (χ0n) is 4.21. The van der Waals surface area contributed by atoms with Gasteiger partial charge in [-0.15, -0.1) is 4.48 Å². The summed E-state index contributed by atoms with van der Waals surface area (Å²) >= 11 is 0. The largest absolute Gasteiger partial charge is 0.382 e. The lowest BCUT2D eigenvalue weighted by molar-refractivity contribution is 0.110. The van der Waals surface area contributed by atoms with Crippen LogP contribution in [-0.2, 0) is 0 Å². The van der Waals surface area contributed by atoms with Crippen LogP contribution in [0.4, 0.5) is 4.48 Å². The predicted octanol–water partition coefficient (Wildman–Crippen LogP) is 0.0149. The van der Waals surface area contributed by atoms with E-state index in [2.05, 4.69) is 4.99 Å². The smallest absolute Gasteiger partial charge is 0.141 e. The third kappa shape index (κ3) is 0.959. The summed E-state index contributed by atoms with van der Waals surface area (Å²) in [5.74, 6) is 0.207. The maximum atomic E-state index is 12.0. The molecule has 0 spiro atoms. The van der Waals surface area contributed by atoms with Crippen LogP contribution in [-0.4, -0.2) is 17.9 Å². The minimum atomic E-state index is 0.195. The van der Waals surface area contributed by atoms with E-state index >= 15 is 0 Å². The molecule has 0 saturated carbocycles. The number of rotatable bonds is 0. The highest BCUT2D eigenvalue weighted by Crippen LogP contribution is 1.97. The van der Waals surface area contributed by atoms with Gasteiger partial charge in [-0.1, -0.05) is 0 Å². The first-order valence-electron chi connectivity index (χ1n) is 2.21. The maximum Gasteiger partial charge on any atom is 0.141 e. The van der Waals surface area contributed by atoms with E-state index < -0.39 is 0 Å². The third-order valence-corrected chi connectivity index (χ3v) is 0.769. The van der Waals surface area contributed by atoms with Crippen LogP contribution in [0.2, 0.25) is 0 Å². The molecule has 0 atom stereocenters. The summed E-state index contributed by atoms with van der Waals surface area (Å²) < 4.78 is 12.0. The molecule has 2 N–H and O–H groups in total. The van der Waals surface area contributed by atoms with Crippen molar-refractivity contribution in [3.63, 3.8) is 0 Å². The highest BCUT2D eigenvalue weighted by atomic mass is 19.2. The molecule has 1 aliphatic rings. The lowest BCUT2D eigenvalue weighted by Gasteiger charge is -2.08. The van der Waals surface area contributed by atoms with Crippen molar-refractivity contribution < 1.29 is 4.48 Å². The Balaban J connectivity index is 2.63. The van der Waals surface area contributed by atoms with Crippen LogP contribution in [0.1, 0.15) is 0 Å². The summed E-state index contributed by atoms with van der Waals surface area (Å²) in [6.45, 7) is 0.195. The number of nitrogens with zero attached hydrogens (tertiary/aromatic N) is 2. The van der Waals surface area contributed by atoms with Crippen molar-refractivity contribution in [2.24, 2.45) is 10.7 Å². The fraction of sp³-hybridized carbons (Fsp3) is 0.250. The Morgan fingerprint density at radius 3 is 3.00 bits per heavy atom. The molecule has 0 bridgehead atoms. The molecule has 0 unspecified atom stereocenters. The molecular formula is C4H6FN3. The molecule has 1 heterocycles. The van der Waals surface area contributed by atoms with E-state index in [-0.39, 0.29) is 12.4 Å². The van der Waals surface area contributed by atoms with Crippen molar-refractivity contribution in [3.8, 4) is 0 Å². The SMILES string of the molecule is NC1=CN(F)CC=N1. The Kier molecular flexibility index (Phi) is 1.15. The normalized spacial score (nSPS) is 18.6. The fourth-order valence-corrected chi connectivity index (χ4v) is 0.454. The van der Waals surface area contributed by atoms with Gasteiger partial charge in [0.2, 0.25) is 0 Å². The lowest BCUT2D eigenvalue weighted by atomic mass is 10.6. The summed E-state index contributed by atoms with van der Waals surface area (Å²) in [6, 6.07) is 0. The van der Waals surface area contributed by atoms with Crippen molar-refractivity contribution in [2.45, 2.75) is 0 Å². The Morgan fingerprint density at radius 1 is 1.88 bits per heavy atom. The monoisotopic (exact) mass is 115 g/mol. The second-order valence-corrected chi connectivity index (χ2v) is 1.45. The van der Waals surface area contributed by atoms with E-state index in [0.29, 0.717) is 5.12 Å². The number of hydrogen-bond donors (Lipinski definition) is 1. The molecule has 1 rings (SSSR count). The maximum absolute atomic E-state index is 12.0. The van der Waals surface area contributed by atoms with E-state index in [1.54, 1.807) is 0 Å². The molecule has 8 heavy (non-hydrogen) atoms. The molecule has 3 nitrogen and oxygen atoms in total. The summed E-state index contributed by atoms with van der Waals surface area (Å²) in [4.78, 5) is 3.61. The summed E-state index contributed by atoms with van der Waals surface area (Å²) in [6.07, 6.45) is 2.55. The first-order valence-corrected chi connectivity index (χ1v) is 2.21. The van der Waals surface area contributed by atoms with E-state index in [1.807, 2.05) is 0 Å². The van der Waals surface area contributed by atoms with E-state index in [0.717, 1.165) is 6.20 Å². The zero-order valence-corrected chi connectivity index (χ0v) is 4.21. The lowest BCUT2D eigenvalue weighted by Crippen LogP contribution is -2.15. The van der Waals surface area contributed by atoms with E-state index in [1.165, 1.54) is 6.21 Å². The highest BCUT2D eigenvalue weighted by Gasteiger charge is 1.98. The highest BCUT2D eigenvalue weighted by molar-refractivity contribution is 5.62. The number of halogens is 1. The molecule has 0 saturated heterocycles. The average Bonchev–Trinajstić information content (AvgIpc) is 1.64. The van der Waals surface area contributed by atoms with Crippen molar-refractivity contribution >= 4 is 6.21 Å². The van der Waals surface area contributed by atoms with Gasteiger partial charge in [0.25, 0.3) is 0 Å². The second kappa shape index (κ2) is 1.81. The molecule has 0 aromatic carbocycles.